The fraction of sp³-hybridized carbons (Fsp3) is 1.00. The lowest BCUT2D eigenvalue weighted by atomic mass is 9.99. The molecule has 0 saturated carbocycles. The maximum absolute atomic E-state index is 10.5. The molecule has 1 aliphatic heterocycles. The first kappa shape index (κ1) is 22.5. The van der Waals surface area contributed by atoms with Gasteiger partial charge in [0.25, 0.3) is 0 Å². The molecule has 0 amide bonds. The quantitative estimate of drug-likeness (QED) is 0.643. The first-order valence-electron chi connectivity index (χ1n) is 8.61. The number of rotatable bonds is 7. The van der Waals surface area contributed by atoms with E-state index in [0.29, 0.717) is 0 Å². The molecule has 1 heterocycles. The molecule has 1 aliphatic rings. The van der Waals surface area contributed by atoms with Gasteiger partial charge in [0.1, 0.15) is 24.4 Å². The van der Waals surface area contributed by atoms with Crippen LogP contribution in [0.5, 0.6) is 0 Å². The molecular formula is C15H36O6Si3. The van der Waals surface area contributed by atoms with E-state index in [-0.39, 0.29) is 6.61 Å². The summed E-state index contributed by atoms with van der Waals surface area (Å²) in [6, 6.07) is 0. The molecule has 0 aromatic heterocycles. The van der Waals surface area contributed by atoms with Gasteiger partial charge in [0.05, 0.1) is 6.61 Å². The van der Waals surface area contributed by atoms with E-state index >= 15 is 0 Å². The summed E-state index contributed by atoms with van der Waals surface area (Å²) in [5, 5.41) is 20.2. The maximum atomic E-state index is 10.5. The molecular weight excluding hydrogens is 360 g/mol. The molecule has 144 valence electrons. The first-order chi connectivity index (χ1) is 10.6. The topological polar surface area (TPSA) is 77.4 Å². The lowest BCUT2D eigenvalue weighted by Crippen LogP contribution is -2.65. The minimum atomic E-state index is -1.94. The summed E-state index contributed by atoms with van der Waals surface area (Å²) in [7, 11) is -5.78. The van der Waals surface area contributed by atoms with Crippen LogP contribution in [-0.2, 0) is 18.0 Å². The summed E-state index contributed by atoms with van der Waals surface area (Å²) in [5.74, 6) is 0. The van der Waals surface area contributed by atoms with Crippen LogP contribution in [0.2, 0.25) is 58.9 Å². The summed E-state index contributed by atoms with van der Waals surface area (Å²) >= 11 is 0. The van der Waals surface area contributed by atoms with Crippen molar-refractivity contribution < 1.29 is 28.2 Å². The van der Waals surface area contributed by atoms with Crippen LogP contribution < -0.4 is 0 Å². The van der Waals surface area contributed by atoms with Crippen LogP contribution in [-0.4, -0.2) is 72.5 Å². The van der Waals surface area contributed by atoms with Gasteiger partial charge in [-0.25, -0.2) is 0 Å². The van der Waals surface area contributed by atoms with E-state index in [0.717, 1.165) is 0 Å². The van der Waals surface area contributed by atoms with Crippen molar-refractivity contribution in [1.82, 2.24) is 0 Å². The molecule has 0 spiro atoms. The van der Waals surface area contributed by atoms with Gasteiger partial charge in [-0.3, -0.25) is 0 Å². The highest BCUT2D eigenvalue weighted by molar-refractivity contribution is 6.70. The number of ether oxygens (including phenoxy) is 1. The van der Waals surface area contributed by atoms with Crippen LogP contribution in [0, 0.1) is 0 Å². The Hall–Kier alpha value is 0.411. The summed E-state index contributed by atoms with van der Waals surface area (Å²) in [5.41, 5.74) is 0. The molecule has 9 heteroatoms. The van der Waals surface area contributed by atoms with Crippen molar-refractivity contribution in [2.24, 2.45) is 0 Å². The summed E-state index contributed by atoms with van der Waals surface area (Å²) in [6.07, 6.45) is -3.24. The van der Waals surface area contributed by atoms with Crippen LogP contribution in [0.3, 0.4) is 0 Å². The SMILES string of the molecule is C[Si](C)(C)O[C@@H]1[C@@H](O[Si](C)(C)C)[C@H](O)O[C@H](CO)[C@@H]1O[Si](C)(C)C. The van der Waals surface area contributed by atoms with Crippen molar-refractivity contribution in [2.75, 3.05) is 6.61 Å². The van der Waals surface area contributed by atoms with Gasteiger partial charge in [0, 0.05) is 0 Å². The number of aliphatic hydroxyl groups excluding tert-OH is 2. The number of hydrogen-bond donors (Lipinski definition) is 2. The van der Waals surface area contributed by atoms with E-state index in [4.69, 9.17) is 18.0 Å². The Morgan fingerprint density at radius 2 is 1.08 bits per heavy atom. The van der Waals surface area contributed by atoms with Crippen LogP contribution in [0.4, 0.5) is 0 Å². The van der Waals surface area contributed by atoms with Gasteiger partial charge in [-0.2, -0.15) is 0 Å². The van der Waals surface area contributed by atoms with Crippen molar-refractivity contribution in [3.8, 4) is 0 Å². The summed E-state index contributed by atoms with van der Waals surface area (Å²) in [6.45, 7) is 18.5. The molecule has 0 unspecified atom stereocenters. The van der Waals surface area contributed by atoms with Crippen LogP contribution >= 0.6 is 0 Å². The second-order valence-corrected chi connectivity index (χ2v) is 22.7. The zero-order valence-corrected chi connectivity index (χ0v) is 19.6. The first-order valence-corrected chi connectivity index (χ1v) is 18.8. The molecule has 0 aromatic rings. The molecule has 0 aromatic carbocycles. The number of aliphatic hydroxyl groups is 2. The zero-order valence-electron chi connectivity index (χ0n) is 16.6. The Morgan fingerprint density at radius 1 is 0.708 bits per heavy atom. The average Bonchev–Trinajstić information content (AvgIpc) is 2.32. The fourth-order valence-corrected chi connectivity index (χ4v) is 5.92. The monoisotopic (exact) mass is 396 g/mol. The highest BCUT2D eigenvalue weighted by atomic mass is 28.4. The minimum absolute atomic E-state index is 0.225. The van der Waals surface area contributed by atoms with Gasteiger partial charge in [0.2, 0.25) is 0 Å². The van der Waals surface area contributed by atoms with Gasteiger partial charge in [-0.05, 0) is 58.9 Å². The smallest absolute Gasteiger partial charge is 0.184 e. The molecule has 0 bridgehead atoms. The maximum Gasteiger partial charge on any atom is 0.184 e. The predicted molar refractivity (Wildman–Crippen MR) is 103 cm³/mol. The van der Waals surface area contributed by atoms with E-state index in [1.807, 2.05) is 0 Å². The van der Waals surface area contributed by atoms with Gasteiger partial charge in [-0.15, -0.1) is 0 Å². The molecule has 24 heavy (non-hydrogen) atoms. The van der Waals surface area contributed by atoms with Crippen LogP contribution in [0.15, 0.2) is 0 Å². The van der Waals surface area contributed by atoms with Crippen LogP contribution in [0.25, 0.3) is 0 Å². The third-order valence-corrected chi connectivity index (χ3v) is 6.20. The van der Waals surface area contributed by atoms with Crippen LogP contribution in [0.1, 0.15) is 0 Å². The molecule has 0 radical (unpaired) electrons. The van der Waals surface area contributed by atoms with Gasteiger partial charge in [-0.1, -0.05) is 0 Å². The Kier molecular flexibility index (Phi) is 7.46. The third kappa shape index (κ3) is 7.34. The predicted octanol–water partition coefficient (Wildman–Crippen LogP) is 2.36. The van der Waals surface area contributed by atoms with Gasteiger partial charge in [0.15, 0.2) is 31.2 Å². The lowest BCUT2D eigenvalue weighted by Gasteiger charge is -2.49. The van der Waals surface area contributed by atoms with Crippen molar-refractivity contribution in [3.05, 3.63) is 0 Å². The molecule has 1 saturated heterocycles. The minimum Gasteiger partial charge on any atom is -0.409 e. The Bertz CT molecular complexity index is 401. The largest absolute Gasteiger partial charge is 0.409 e. The van der Waals surface area contributed by atoms with E-state index in [2.05, 4.69) is 58.9 Å². The van der Waals surface area contributed by atoms with Crippen molar-refractivity contribution >= 4 is 25.0 Å². The Balaban J connectivity index is 3.20. The normalized spacial score (nSPS) is 32.9. The second kappa shape index (κ2) is 7.97. The summed E-state index contributed by atoms with van der Waals surface area (Å²) < 4.78 is 24.5. The van der Waals surface area contributed by atoms with Crippen molar-refractivity contribution in [2.45, 2.75) is 89.6 Å². The standard InChI is InChI=1S/C15H36O6Si3/c1-22(2,3)19-12-11(10-16)18-15(17)14(21-24(7,8)9)13(12)20-23(4,5)6/h11-17H,10H2,1-9H3/t11-,12+,13+,14-,15-/m1/s1. The third-order valence-electron chi connectivity index (χ3n) is 3.26. The van der Waals surface area contributed by atoms with Gasteiger partial charge < -0.3 is 28.2 Å². The van der Waals surface area contributed by atoms with E-state index in [1.54, 1.807) is 0 Å². The molecule has 1 rings (SSSR count). The fourth-order valence-electron chi connectivity index (χ4n) is 2.67. The second-order valence-electron chi connectivity index (χ2n) is 9.33. The molecule has 2 N–H and O–H groups in total. The Morgan fingerprint density at radius 3 is 1.46 bits per heavy atom. The average molecular weight is 397 g/mol. The number of hydrogen-bond acceptors (Lipinski definition) is 6. The lowest BCUT2D eigenvalue weighted by molar-refractivity contribution is -0.275. The molecule has 1 fully saturated rings. The molecule has 5 atom stereocenters. The highest BCUT2D eigenvalue weighted by Gasteiger charge is 2.50. The van der Waals surface area contributed by atoms with E-state index < -0.39 is 55.7 Å². The molecule has 0 aliphatic carbocycles. The van der Waals surface area contributed by atoms with Gasteiger partial charge >= 0.3 is 0 Å². The van der Waals surface area contributed by atoms with E-state index in [1.165, 1.54) is 0 Å². The highest BCUT2D eigenvalue weighted by Crippen LogP contribution is 2.32. The van der Waals surface area contributed by atoms with E-state index in [9.17, 15) is 10.2 Å². The van der Waals surface area contributed by atoms with Crippen molar-refractivity contribution in [1.29, 1.82) is 0 Å². The summed E-state index contributed by atoms with van der Waals surface area (Å²) in [4.78, 5) is 0. The Labute approximate surface area is 149 Å². The zero-order chi connectivity index (χ0) is 18.9. The van der Waals surface area contributed by atoms with Crippen molar-refractivity contribution in [3.63, 3.8) is 0 Å². The molecule has 6 nitrogen and oxygen atoms in total.